The van der Waals surface area contributed by atoms with Crippen LogP contribution in [0, 0.1) is 6.92 Å². The largest absolute Gasteiger partial charge is 0.489 e. The molecule has 0 aliphatic rings. The van der Waals surface area contributed by atoms with E-state index in [1.54, 1.807) is 19.9 Å². The fourth-order valence-corrected chi connectivity index (χ4v) is 2.24. The predicted molar refractivity (Wildman–Crippen MR) is 89.6 cm³/mol. The van der Waals surface area contributed by atoms with Crippen molar-refractivity contribution in [1.29, 1.82) is 0 Å². The molecule has 0 atom stereocenters. The molecule has 0 heterocycles. The molecule has 2 N–H and O–H groups in total. The Kier molecular flexibility index (Phi) is 5.78. The molecule has 0 spiro atoms. The van der Waals surface area contributed by atoms with Crippen molar-refractivity contribution in [2.75, 3.05) is 11.9 Å². The summed E-state index contributed by atoms with van der Waals surface area (Å²) < 4.78 is 10.5. The number of anilines is 1. The summed E-state index contributed by atoms with van der Waals surface area (Å²) >= 11 is 0. The Morgan fingerprint density at radius 1 is 1.17 bits per heavy atom. The summed E-state index contributed by atoms with van der Waals surface area (Å²) in [5.74, 6) is -0.665. The number of ether oxygens (including phenoxy) is 2. The summed E-state index contributed by atoms with van der Waals surface area (Å²) in [6.07, 6.45) is -0.709. The highest BCUT2D eigenvalue weighted by molar-refractivity contribution is 6.00. The molecular weight excluding hydrogens is 310 g/mol. The van der Waals surface area contributed by atoms with Crippen molar-refractivity contribution in [3.63, 3.8) is 0 Å². The van der Waals surface area contributed by atoms with Gasteiger partial charge in [-0.2, -0.15) is 0 Å². The second-order valence-corrected chi connectivity index (χ2v) is 5.09. The van der Waals surface area contributed by atoms with E-state index in [1.165, 1.54) is 6.07 Å². The van der Waals surface area contributed by atoms with Crippen LogP contribution in [0.3, 0.4) is 0 Å². The molecule has 0 bridgehead atoms. The van der Waals surface area contributed by atoms with E-state index in [4.69, 9.17) is 9.47 Å². The molecule has 0 unspecified atom stereocenters. The van der Waals surface area contributed by atoms with E-state index < -0.39 is 12.1 Å². The minimum atomic E-state index is -1.13. The average molecular weight is 329 g/mol. The summed E-state index contributed by atoms with van der Waals surface area (Å²) in [6.45, 7) is 3.85. The Hall–Kier alpha value is -3.02. The first-order valence-corrected chi connectivity index (χ1v) is 7.49. The van der Waals surface area contributed by atoms with Crippen LogP contribution in [0.5, 0.6) is 5.75 Å². The van der Waals surface area contributed by atoms with E-state index in [2.05, 4.69) is 5.32 Å². The van der Waals surface area contributed by atoms with Gasteiger partial charge in [-0.3, -0.25) is 5.32 Å². The number of aromatic carboxylic acids is 1. The topological polar surface area (TPSA) is 84.9 Å². The molecule has 0 saturated carbocycles. The number of rotatable bonds is 6. The van der Waals surface area contributed by atoms with Crippen molar-refractivity contribution >= 4 is 17.7 Å². The molecule has 126 valence electrons. The molecule has 0 radical (unpaired) electrons. The monoisotopic (exact) mass is 329 g/mol. The molecule has 2 aromatic carbocycles. The van der Waals surface area contributed by atoms with Gasteiger partial charge in [-0.25, -0.2) is 9.59 Å². The normalized spacial score (nSPS) is 10.1. The third-order valence-electron chi connectivity index (χ3n) is 3.28. The van der Waals surface area contributed by atoms with E-state index in [1.807, 2.05) is 30.3 Å². The second-order valence-electron chi connectivity index (χ2n) is 5.09. The molecule has 2 aromatic rings. The van der Waals surface area contributed by atoms with Crippen LogP contribution in [-0.4, -0.2) is 23.8 Å². The van der Waals surface area contributed by atoms with Crippen molar-refractivity contribution in [2.24, 2.45) is 0 Å². The Morgan fingerprint density at radius 3 is 2.50 bits per heavy atom. The smallest absolute Gasteiger partial charge is 0.411 e. The first kappa shape index (κ1) is 17.3. The van der Waals surface area contributed by atoms with E-state index in [9.17, 15) is 14.7 Å². The lowest BCUT2D eigenvalue weighted by atomic mass is 10.1. The minimum absolute atomic E-state index is 0.00936. The standard InChI is InChI=1S/C18H19NO5/c1-3-23-18(22)19-15-10-14(9-12(2)16(15)17(20)21)24-11-13-7-5-4-6-8-13/h4-10H,3,11H2,1-2H3,(H,19,22)(H,20,21). The van der Waals surface area contributed by atoms with Crippen LogP contribution in [0.2, 0.25) is 0 Å². The summed E-state index contributed by atoms with van der Waals surface area (Å²) in [4.78, 5) is 23.1. The lowest BCUT2D eigenvalue weighted by Gasteiger charge is -2.14. The van der Waals surface area contributed by atoms with Crippen LogP contribution in [0.4, 0.5) is 10.5 Å². The number of amides is 1. The summed E-state index contributed by atoms with van der Waals surface area (Å²) in [6, 6.07) is 12.7. The second kappa shape index (κ2) is 8.01. The van der Waals surface area contributed by atoms with Crippen LogP contribution in [0.1, 0.15) is 28.4 Å². The number of nitrogens with one attached hydrogen (secondary N) is 1. The Balaban J connectivity index is 2.24. The van der Waals surface area contributed by atoms with Crippen molar-refractivity contribution in [3.8, 4) is 5.75 Å². The van der Waals surface area contributed by atoms with Crippen molar-refractivity contribution in [3.05, 3.63) is 59.2 Å². The van der Waals surface area contributed by atoms with Crippen LogP contribution < -0.4 is 10.1 Å². The lowest BCUT2D eigenvalue weighted by molar-refractivity contribution is 0.0697. The fraction of sp³-hybridized carbons (Fsp3) is 0.222. The number of benzene rings is 2. The van der Waals surface area contributed by atoms with Crippen molar-refractivity contribution < 1.29 is 24.2 Å². The summed E-state index contributed by atoms with van der Waals surface area (Å²) in [7, 11) is 0. The highest BCUT2D eigenvalue weighted by Crippen LogP contribution is 2.27. The molecule has 2 rings (SSSR count). The lowest BCUT2D eigenvalue weighted by Crippen LogP contribution is -2.17. The molecule has 0 aliphatic carbocycles. The Morgan fingerprint density at radius 2 is 1.88 bits per heavy atom. The molecule has 0 saturated heterocycles. The number of hydrogen-bond acceptors (Lipinski definition) is 4. The van der Waals surface area contributed by atoms with Gasteiger partial charge in [0.25, 0.3) is 0 Å². The van der Waals surface area contributed by atoms with E-state index in [0.717, 1.165) is 5.56 Å². The van der Waals surface area contributed by atoms with Crippen LogP contribution in [0.15, 0.2) is 42.5 Å². The third-order valence-corrected chi connectivity index (χ3v) is 3.28. The Labute approximate surface area is 140 Å². The quantitative estimate of drug-likeness (QED) is 0.841. The van der Waals surface area contributed by atoms with Gasteiger partial charge in [0.2, 0.25) is 0 Å². The predicted octanol–water partition coefficient (Wildman–Crippen LogP) is 3.84. The van der Waals surface area contributed by atoms with Gasteiger partial charge in [0.05, 0.1) is 17.9 Å². The van der Waals surface area contributed by atoms with Crippen LogP contribution in [-0.2, 0) is 11.3 Å². The zero-order chi connectivity index (χ0) is 17.5. The molecule has 1 amide bonds. The van der Waals surface area contributed by atoms with Crippen molar-refractivity contribution in [2.45, 2.75) is 20.5 Å². The van der Waals surface area contributed by atoms with Crippen molar-refractivity contribution in [1.82, 2.24) is 0 Å². The maximum absolute atomic E-state index is 11.6. The molecule has 6 heteroatoms. The molecule has 24 heavy (non-hydrogen) atoms. The zero-order valence-corrected chi connectivity index (χ0v) is 13.5. The van der Waals surface area contributed by atoms with Gasteiger partial charge in [0, 0.05) is 6.07 Å². The van der Waals surface area contributed by atoms with Crippen LogP contribution in [0.25, 0.3) is 0 Å². The minimum Gasteiger partial charge on any atom is -0.489 e. The van der Waals surface area contributed by atoms with Gasteiger partial charge >= 0.3 is 12.1 Å². The van der Waals surface area contributed by atoms with Gasteiger partial charge in [-0.15, -0.1) is 0 Å². The summed E-state index contributed by atoms with van der Waals surface area (Å²) in [5, 5.41) is 11.8. The van der Waals surface area contributed by atoms with Gasteiger partial charge in [0.15, 0.2) is 0 Å². The van der Waals surface area contributed by atoms with Gasteiger partial charge in [-0.05, 0) is 31.0 Å². The molecule has 0 aromatic heterocycles. The molecule has 6 nitrogen and oxygen atoms in total. The number of carbonyl (C=O) groups excluding carboxylic acids is 1. The highest BCUT2D eigenvalue weighted by atomic mass is 16.5. The van der Waals surface area contributed by atoms with Gasteiger partial charge < -0.3 is 14.6 Å². The van der Waals surface area contributed by atoms with Crippen LogP contribution >= 0.6 is 0 Å². The maximum Gasteiger partial charge on any atom is 0.411 e. The molecule has 0 aliphatic heterocycles. The molecular formula is C18H19NO5. The fourth-order valence-electron chi connectivity index (χ4n) is 2.24. The number of carbonyl (C=O) groups is 2. The van der Waals surface area contributed by atoms with E-state index in [0.29, 0.717) is 17.9 Å². The zero-order valence-electron chi connectivity index (χ0n) is 13.5. The Bertz CT molecular complexity index is 728. The van der Waals surface area contributed by atoms with Gasteiger partial charge in [0.1, 0.15) is 12.4 Å². The van der Waals surface area contributed by atoms with E-state index in [-0.39, 0.29) is 17.9 Å². The number of carboxylic acid groups (broad SMARTS) is 1. The maximum atomic E-state index is 11.6. The first-order valence-electron chi connectivity index (χ1n) is 7.49. The number of hydrogen-bond donors (Lipinski definition) is 2. The highest BCUT2D eigenvalue weighted by Gasteiger charge is 2.17. The van der Waals surface area contributed by atoms with Gasteiger partial charge in [-0.1, -0.05) is 30.3 Å². The third kappa shape index (κ3) is 4.49. The first-order chi connectivity index (χ1) is 11.5. The SMILES string of the molecule is CCOC(=O)Nc1cc(OCc2ccccc2)cc(C)c1C(=O)O. The summed E-state index contributed by atoms with van der Waals surface area (Å²) in [5.41, 5.74) is 1.62. The number of carboxylic acids is 1. The molecule has 0 fully saturated rings. The van der Waals surface area contributed by atoms with E-state index >= 15 is 0 Å². The number of aryl methyl sites for hydroxylation is 1. The average Bonchev–Trinajstić information content (AvgIpc) is 2.53.